The monoisotopic (exact) mass is 388 g/mol. The molecule has 0 aromatic rings. The Morgan fingerprint density at radius 3 is 2.25 bits per heavy atom. The molecule has 28 heavy (non-hydrogen) atoms. The lowest BCUT2D eigenvalue weighted by Gasteiger charge is -2.61. The smallest absolute Gasteiger partial charge is 0.0573 e. The second-order valence-corrected chi connectivity index (χ2v) is 12.6. The van der Waals surface area contributed by atoms with Crippen LogP contribution in [0.2, 0.25) is 0 Å². The van der Waals surface area contributed by atoms with E-state index in [4.69, 9.17) is 0 Å². The molecule has 162 valence electrons. The van der Waals surface area contributed by atoms with Gasteiger partial charge in [0.25, 0.3) is 0 Å². The van der Waals surface area contributed by atoms with Crippen LogP contribution in [0, 0.1) is 52.3 Å². The number of aliphatic hydroxyl groups excluding tert-OH is 1. The van der Waals surface area contributed by atoms with E-state index in [0.717, 1.165) is 41.9 Å². The quantitative estimate of drug-likeness (QED) is 0.518. The summed E-state index contributed by atoms with van der Waals surface area (Å²) in [6.45, 7) is 12.6. The highest BCUT2D eigenvalue weighted by Crippen LogP contribution is 2.68. The fourth-order valence-electron chi connectivity index (χ4n) is 9.41. The van der Waals surface area contributed by atoms with Crippen LogP contribution in [0.1, 0.15) is 112 Å². The summed E-state index contributed by atoms with van der Waals surface area (Å²) in [6.07, 6.45) is 16.6. The zero-order valence-corrected chi connectivity index (χ0v) is 19.6. The molecule has 4 aliphatic carbocycles. The first-order valence-corrected chi connectivity index (χ1v) is 13.0. The summed E-state index contributed by atoms with van der Waals surface area (Å²) in [4.78, 5) is 0. The molecule has 0 amide bonds. The molecule has 4 saturated carbocycles. The van der Waals surface area contributed by atoms with Crippen LogP contribution in [-0.2, 0) is 0 Å². The van der Waals surface area contributed by atoms with Crippen molar-refractivity contribution in [1.29, 1.82) is 0 Å². The highest BCUT2D eigenvalue weighted by molar-refractivity contribution is 5.10. The van der Waals surface area contributed by atoms with Crippen LogP contribution in [0.3, 0.4) is 0 Å². The van der Waals surface area contributed by atoms with Crippen molar-refractivity contribution in [2.45, 2.75) is 118 Å². The minimum atomic E-state index is -0.00897. The van der Waals surface area contributed by atoms with Crippen LogP contribution < -0.4 is 0 Å². The predicted octanol–water partition coefficient (Wildman–Crippen LogP) is 7.47. The van der Waals surface area contributed by atoms with Gasteiger partial charge in [0.05, 0.1) is 6.10 Å². The van der Waals surface area contributed by atoms with Gasteiger partial charge in [0.15, 0.2) is 0 Å². The maximum atomic E-state index is 10.7. The van der Waals surface area contributed by atoms with Gasteiger partial charge in [-0.05, 0) is 104 Å². The van der Waals surface area contributed by atoms with Crippen molar-refractivity contribution in [1.82, 2.24) is 0 Å². The van der Waals surface area contributed by atoms with Gasteiger partial charge in [-0.3, -0.25) is 0 Å². The van der Waals surface area contributed by atoms with E-state index in [0.29, 0.717) is 16.7 Å². The van der Waals surface area contributed by atoms with Gasteiger partial charge in [-0.2, -0.15) is 0 Å². The van der Waals surface area contributed by atoms with Gasteiger partial charge in [-0.25, -0.2) is 0 Å². The van der Waals surface area contributed by atoms with Gasteiger partial charge < -0.3 is 5.11 Å². The summed E-state index contributed by atoms with van der Waals surface area (Å²) < 4.78 is 0. The maximum Gasteiger partial charge on any atom is 0.0573 e. The van der Waals surface area contributed by atoms with Crippen LogP contribution in [0.25, 0.3) is 0 Å². The summed E-state index contributed by atoms with van der Waals surface area (Å²) in [5.74, 6) is 6.16. The molecule has 3 unspecified atom stereocenters. The Labute approximate surface area is 175 Å². The first kappa shape index (κ1) is 21.2. The summed E-state index contributed by atoms with van der Waals surface area (Å²) >= 11 is 0. The molecule has 0 saturated heterocycles. The zero-order chi connectivity index (χ0) is 20.1. The molecule has 1 N–H and O–H groups in total. The average Bonchev–Trinajstić information content (AvgIpc) is 2.98. The van der Waals surface area contributed by atoms with E-state index in [1.54, 1.807) is 0 Å². The molecule has 0 radical (unpaired) electrons. The number of aliphatic hydroxyl groups is 1. The molecule has 1 nitrogen and oxygen atoms in total. The second-order valence-electron chi connectivity index (χ2n) is 12.6. The average molecular weight is 389 g/mol. The van der Waals surface area contributed by atoms with Gasteiger partial charge in [0.2, 0.25) is 0 Å². The number of hydrogen-bond acceptors (Lipinski definition) is 1. The molecule has 4 aliphatic rings. The van der Waals surface area contributed by atoms with E-state index in [1.165, 1.54) is 70.6 Å². The Kier molecular flexibility index (Phi) is 5.98. The van der Waals surface area contributed by atoms with Gasteiger partial charge in [-0.15, -0.1) is 0 Å². The molecule has 0 spiro atoms. The van der Waals surface area contributed by atoms with Gasteiger partial charge in [-0.1, -0.05) is 60.3 Å². The Morgan fingerprint density at radius 2 is 1.50 bits per heavy atom. The topological polar surface area (TPSA) is 20.2 Å². The molecular formula is C27H48O. The normalized spacial score (nSPS) is 49.4. The summed E-state index contributed by atoms with van der Waals surface area (Å²) in [7, 11) is 0. The van der Waals surface area contributed by atoms with Crippen molar-refractivity contribution >= 4 is 0 Å². The molecular weight excluding hydrogens is 340 g/mol. The van der Waals surface area contributed by atoms with Gasteiger partial charge in [0, 0.05) is 0 Å². The molecule has 4 rings (SSSR count). The number of rotatable bonds is 5. The van der Waals surface area contributed by atoms with E-state index >= 15 is 0 Å². The molecule has 0 aliphatic heterocycles. The molecule has 9 atom stereocenters. The van der Waals surface area contributed by atoms with E-state index < -0.39 is 0 Å². The third kappa shape index (κ3) is 3.40. The summed E-state index contributed by atoms with van der Waals surface area (Å²) in [6, 6.07) is 0. The van der Waals surface area contributed by atoms with E-state index in [1.807, 2.05) is 0 Å². The number of fused-ring (bicyclic) bond motifs is 5. The number of hydrogen-bond donors (Lipinski definition) is 1. The van der Waals surface area contributed by atoms with Crippen molar-refractivity contribution in [2.75, 3.05) is 0 Å². The van der Waals surface area contributed by atoms with Crippen LogP contribution in [0.15, 0.2) is 0 Å². The lowest BCUT2D eigenvalue weighted by atomic mass is 9.44. The highest BCUT2D eigenvalue weighted by atomic mass is 16.3. The Balaban J connectivity index is 1.47. The SMILES string of the molecule is CC(C)CCCC(C)[C@H]1CC[C@H]2[C@@H]3CCC4C(O)CCC[C@]4(C)[C@H]3CC[C@]12C. The Bertz CT molecular complexity index is 540. The molecule has 0 bridgehead atoms. The standard InChI is InChI=1S/C27H48O/c1-18(2)8-6-9-19(3)21-13-14-22-20-11-12-24-25(28)10-7-16-26(24,4)23(20)15-17-27(21,22)5/h18-25,28H,6-17H2,1-5H3/t19?,20-,21+,22-,23-,24?,25?,26+,27+/m0/s1. The molecule has 0 heterocycles. The highest BCUT2D eigenvalue weighted by Gasteiger charge is 2.61. The first-order chi connectivity index (χ1) is 13.3. The van der Waals surface area contributed by atoms with Crippen molar-refractivity contribution < 1.29 is 5.11 Å². The van der Waals surface area contributed by atoms with E-state index in [2.05, 4.69) is 34.6 Å². The third-order valence-electron chi connectivity index (χ3n) is 10.8. The van der Waals surface area contributed by atoms with Crippen LogP contribution in [0.4, 0.5) is 0 Å². The van der Waals surface area contributed by atoms with E-state index in [-0.39, 0.29) is 6.10 Å². The molecule has 4 fully saturated rings. The second kappa shape index (κ2) is 7.90. The van der Waals surface area contributed by atoms with Crippen molar-refractivity contribution in [3.8, 4) is 0 Å². The first-order valence-electron chi connectivity index (χ1n) is 13.0. The lowest BCUT2D eigenvalue weighted by molar-refractivity contribution is -0.145. The van der Waals surface area contributed by atoms with Crippen LogP contribution >= 0.6 is 0 Å². The Hall–Kier alpha value is -0.0400. The third-order valence-corrected chi connectivity index (χ3v) is 10.8. The molecule has 0 aromatic carbocycles. The van der Waals surface area contributed by atoms with Crippen LogP contribution in [-0.4, -0.2) is 11.2 Å². The predicted molar refractivity (Wildman–Crippen MR) is 119 cm³/mol. The minimum Gasteiger partial charge on any atom is -0.393 e. The lowest BCUT2D eigenvalue weighted by Crippen LogP contribution is -2.55. The van der Waals surface area contributed by atoms with Crippen molar-refractivity contribution in [2.24, 2.45) is 52.3 Å². The van der Waals surface area contributed by atoms with Crippen LogP contribution in [0.5, 0.6) is 0 Å². The summed E-state index contributed by atoms with van der Waals surface area (Å²) in [5.41, 5.74) is 1.04. The van der Waals surface area contributed by atoms with Crippen molar-refractivity contribution in [3.05, 3.63) is 0 Å². The zero-order valence-electron chi connectivity index (χ0n) is 19.6. The summed E-state index contributed by atoms with van der Waals surface area (Å²) in [5, 5.41) is 10.7. The van der Waals surface area contributed by atoms with E-state index in [9.17, 15) is 5.11 Å². The fourth-order valence-corrected chi connectivity index (χ4v) is 9.41. The van der Waals surface area contributed by atoms with Gasteiger partial charge in [0.1, 0.15) is 0 Å². The largest absolute Gasteiger partial charge is 0.393 e. The minimum absolute atomic E-state index is 0.00897. The van der Waals surface area contributed by atoms with Gasteiger partial charge >= 0.3 is 0 Å². The molecule has 1 heteroatoms. The maximum absolute atomic E-state index is 10.7. The fraction of sp³-hybridized carbons (Fsp3) is 1.00. The Morgan fingerprint density at radius 1 is 0.786 bits per heavy atom. The van der Waals surface area contributed by atoms with Crippen molar-refractivity contribution in [3.63, 3.8) is 0 Å². The molecule has 0 aromatic heterocycles.